The van der Waals surface area contributed by atoms with Crippen LogP contribution in [0.1, 0.15) is 11.6 Å². The Morgan fingerprint density at radius 1 is 1.65 bits per heavy atom. The summed E-state index contributed by atoms with van der Waals surface area (Å²) in [5, 5.41) is 9.11. The molecule has 1 aromatic heterocycles. The predicted molar refractivity (Wildman–Crippen MR) is 67.6 cm³/mol. The quantitative estimate of drug-likeness (QED) is 0.731. The number of rotatable bonds is 2. The highest BCUT2D eigenvalue weighted by atomic mass is 32.2. The second-order valence-electron chi connectivity index (χ2n) is 4.07. The van der Waals surface area contributed by atoms with Crippen molar-refractivity contribution in [3.63, 3.8) is 0 Å². The second-order valence-corrected chi connectivity index (χ2v) is 5.31. The molecule has 0 saturated carbocycles. The highest BCUT2D eigenvalue weighted by Gasteiger charge is 2.30. The van der Waals surface area contributed by atoms with Crippen molar-refractivity contribution in [2.75, 3.05) is 12.4 Å². The smallest absolute Gasteiger partial charge is 0.328 e. The molecular weight excluding hydrogens is 240 g/mol. The van der Waals surface area contributed by atoms with Gasteiger partial charge in [0.1, 0.15) is 0 Å². The van der Waals surface area contributed by atoms with Crippen LogP contribution in [0.5, 0.6) is 0 Å². The first-order valence-electron chi connectivity index (χ1n) is 5.27. The van der Waals surface area contributed by atoms with E-state index in [4.69, 9.17) is 5.11 Å². The topological polar surface area (TPSA) is 75.1 Å². The number of hydrogen-bond acceptors (Lipinski definition) is 4. The lowest BCUT2D eigenvalue weighted by molar-refractivity contribution is 0.302. The van der Waals surface area contributed by atoms with E-state index >= 15 is 0 Å². The number of aromatic amines is 1. The van der Waals surface area contributed by atoms with E-state index in [0.717, 1.165) is 5.57 Å². The molecule has 92 valence electrons. The number of thioether (sulfide) groups is 1. The van der Waals surface area contributed by atoms with Crippen molar-refractivity contribution in [2.24, 2.45) is 0 Å². The van der Waals surface area contributed by atoms with Crippen molar-refractivity contribution in [3.8, 4) is 0 Å². The Balaban J connectivity index is 2.43. The molecule has 0 radical (unpaired) electrons. The largest absolute Gasteiger partial charge is 0.395 e. The van der Waals surface area contributed by atoms with Crippen LogP contribution in [0, 0.1) is 6.92 Å². The molecule has 1 aromatic rings. The van der Waals surface area contributed by atoms with Gasteiger partial charge in [-0.25, -0.2) is 4.79 Å². The number of aliphatic hydroxyl groups excluding tert-OH is 1. The Bertz CT molecular complexity index is 561. The van der Waals surface area contributed by atoms with Gasteiger partial charge in [-0.05, 0) is 12.5 Å². The van der Waals surface area contributed by atoms with E-state index in [9.17, 15) is 9.59 Å². The van der Waals surface area contributed by atoms with E-state index in [-0.39, 0.29) is 23.5 Å². The van der Waals surface area contributed by atoms with Crippen LogP contribution in [0.15, 0.2) is 27.9 Å². The summed E-state index contributed by atoms with van der Waals surface area (Å²) in [7, 11) is 0. The minimum Gasteiger partial charge on any atom is -0.395 e. The van der Waals surface area contributed by atoms with Gasteiger partial charge >= 0.3 is 5.69 Å². The summed E-state index contributed by atoms with van der Waals surface area (Å²) in [6.07, 6.45) is 1.55. The molecule has 0 spiro atoms. The van der Waals surface area contributed by atoms with Gasteiger partial charge in [0.25, 0.3) is 5.56 Å². The standard InChI is InChI=1S/C11H14N2O3S/c1-6-3-13(11(16)12-10(6)15)8-5-17-9(4-14)7(8)2/h3,8-9,14H,2,4-5H2,1H3,(H,12,15,16)/t8-,9-/m0/s1. The van der Waals surface area contributed by atoms with E-state index in [1.54, 1.807) is 24.9 Å². The van der Waals surface area contributed by atoms with Gasteiger partial charge < -0.3 is 5.11 Å². The van der Waals surface area contributed by atoms with Gasteiger partial charge in [-0.15, -0.1) is 11.8 Å². The third-order valence-electron chi connectivity index (χ3n) is 2.94. The Morgan fingerprint density at radius 2 is 2.35 bits per heavy atom. The molecule has 6 heteroatoms. The highest BCUT2D eigenvalue weighted by Crippen LogP contribution is 2.37. The molecule has 0 bridgehead atoms. The van der Waals surface area contributed by atoms with Crippen molar-refractivity contribution in [3.05, 3.63) is 44.8 Å². The fourth-order valence-corrected chi connectivity index (χ4v) is 3.15. The molecule has 0 unspecified atom stereocenters. The van der Waals surface area contributed by atoms with Gasteiger partial charge in [-0.3, -0.25) is 14.3 Å². The SMILES string of the molecule is C=C1[C@H](CO)SC[C@@H]1n1cc(C)c(=O)[nH]c1=O. The Kier molecular flexibility index (Phi) is 3.26. The van der Waals surface area contributed by atoms with Gasteiger partial charge in [0.15, 0.2) is 0 Å². The molecule has 0 aliphatic carbocycles. The van der Waals surface area contributed by atoms with E-state index in [0.29, 0.717) is 11.3 Å². The van der Waals surface area contributed by atoms with E-state index in [2.05, 4.69) is 11.6 Å². The van der Waals surface area contributed by atoms with Crippen LogP contribution in [-0.4, -0.2) is 32.3 Å². The number of H-pyrrole nitrogens is 1. The van der Waals surface area contributed by atoms with Crippen molar-refractivity contribution < 1.29 is 5.11 Å². The number of aliphatic hydroxyl groups is 1. The molecule has 2 atom stereocenters. The molecule has 2 rings (SSSR count). The summed E-state index contributed by atoms with van der Waals surface area (Å²) in [4.78, 5) is 25.3. The average molecular weight is 254 g/mol. The zero-order valence-corrected chi connectivity index (χ0v) is 10.3. The third kappa shape index (κ3) is 2.10. The summed E-state index contributed by atoms with van der Waals surface area (Å²) < 4.78 is 1.49. The van der Waals surface area contributed by atoms with Gasteiger partial charge in [-0.1, -0.05) is 6.58 Å². The Morgan fingerprint density at radius 3 is 2.94 bits per heavy atom. The molecule has 0 amide bonds. The molecule has 1 fully saturated rings. The van der Waals surface area contributed by atoms with Crippen LogP contribution in [0.4, 0.5) is 0 Å². The van der Waals surface area contributed by atoms with E-state index in [1.807, 2.05) is 0 Å². The molecule has 1 aliphatic rings. The van der Waals surface area contributed by atoms with Gasteiger partial charge in [-0.2, -0.15) is 0 Å². The zero-order valence-electron chi connectivity index (χ0n) is 9.47. The number of aromatic nitrogens is 2. The molecule has 2 heterocycles. The van der Waals surface area contributed by atoms with Crippen LogP contribution in [0.2, 0.25) is 0 Å². The zero-order chi connectivity index (χ0) is 12.6. The van der Waals surface area contributed by atoms with Crippen molar-refractivity contribution in [2.45, 2.75) is 18.2 Å². The van der Waals surface area contributed by atoms with Crippen LogP contribution in [0.3, 0.4) is 0 Å². The summed E-state index contributed by atoms with van der Waals surface area (Å²) in [6, 6.07) is -0.153. The molecule has 17 heavy (non-hydrogen) atoms. The first kappa shape index (κ1) is 12.2. The summed E-state index contributed by atoms with van der Waals surface area (Å²) in [6.45, 7) is 5.61. The number of aryl methyl sites for hydroxylation is 1. The normalized spacial score (nSPS) is 24.2. The minimum absolute atomic E-state index is 0.0249. The maximum atomic E-state index is 11.7. The van der Waals surface area contributed by atoms with E-state index < -0.39 is 5.69 Å². The fourth-order valence-electron chi connectivity index (χ4n) is 1.88. The second kappa shape index (κ2) is 4.54. The number of nitrogens with zero attached hydrogens (tertiary/aromatic N) is 1. The fraction of sp³-hybridized carbons (Fsp3) is 0.455. The first-order valence-corrected chi connectivity index (χ1v) is 6.32. The molecule has 1 saturated heterocycles. The van der Waals surface area contributed by atoms with Gasteiger partial charge in [0.2, 0.25) is 0 Å². The monoisotopic (exact) mass is 254 g/mol. The number of nitrogens with one attached hydrogen (secondary N) is 1. The Hall–Kier alpha value is -1.27. The van der Waals surface area contributed by atoms with Crippen LogP contribution in [0.25, 0.3) is 0 Å². The lowest BCUT2D eigenvalue weighted by Gasteiger charge is -2.15. The summed E-state index contributed by atoms with van der Waals surface area (Å²) in [5.74, 6) is 0.690. The van der Waals surface area contributed by atoms with Crippen molar-refractivity contribution in [1.82, 2.24) is 9.55 Å². The summed E-state index contributed by atoms with van der Waals surface area (Å²) in [5.41, 5.74) is 0.535. The lowest BCUT2D eigenvalue weighted by Crippen LogP contribution is -2.34. The average Bonchev–Trinajstić information content (AvgIpc) is 2.65. The van der Waals surface area contributed by atoms with Crippen molar-refractivity contribution in [1.29, 1.82) is 0 Å². The van der Waals surface area contributed by atoms with E-state index in [1.165, 1.54) is 4.57 Å². The lowest BCUT2D eigenvalue weighted by atomic mass is 10.1. The molecule has 2 N–H and O–H groups in total. The highest BCUT2D eigenvalue weighted by molar-refractivity contribution is 8.00. The molecule has 5 nitrogen and oxygen atoms in total. The van der Waals surface area contributed by atoms with Crippen LogP contribution < -0.4 is 11.2 Å². The maximum absolute atomic E-state index is 11.7. The predicted octanol–water partition coefficient (Wildman–Crippen LogP) is 0.0500. The molecular formula is C11H14N2O3S. The summed E-state index contributed by atoms with van der Waals surface area (Å²) >= 11 is 1.57. The Labute approximate surface area is 102 Å². The van der Waals surface area contributed by atoms with Gasteiger partial charge in [0, 0.05) is 17.5 Å². The van der Waals surface area contributed by atoms with Gasteiger partial charge in [0.05, 0.1) is 17.9 Å². The molecule has 0 aromatic carbocycles. The molecule has 1 aliphatic heterocycles. The number of hydrogen-bond donors (Lipinski definition) is 2. The van der Waals surface area contributed by atoms with Crippen LogP contribution in [-0.2, 0) is 0 Å². The first-order chi connectivity index (χ1) is 8.04. The third-order valence-corrected chi connectivity index (χ3v) is 4.31. The maximum Gasteiger partial charge on any atom is 0.328 e. The van der Waals surface area contributed by atoms with Crippen molar-refractivity contribution >= 4 is 11.8 Å². The minimum atomic E-state index is -0.425. The van der Waals surface area contributed by atoms with Crippen LogP contribution >= 0.6 is 11.8 Å².